The zero-order valence-corrected chi connectivity index (χ0v) is 10.0. The molecule has 1 aliphatic rings. The van der Waals surface area contributed by atoms with Gasteiger partial charge in [0, 0.05) is 11.7 Å². The Balaban J connectivity index is 2.19. The lowest BCUT2D eigenvalue weighted by atomic mass is 10.1. The molecule has 0 bridgehead atoms. The fourth-order valence-corrected chi connectivity index (χ4v) is 2.41. The molecule has 18 heavy (non-hydrogen) atoms. The molecule has 5 heteroatoms. The summed E-state index contributed by atoms with van der Waals surface area (Å²) in [6.45, 7) is 2.07. The van der Waals surface area contributed by atoms with E-state index in [0.717, 1.165) is 31.4 Å². The van der Waals surface area contributed by atoms with Crippen molar-refractivity contribution in [1.29, 1.82) is 0 Å². The minimum Gasteiger partial charge on any atom is -0.382 e. The van der Waals surface area contributed by atoms with Gasteiger partial charge in [0.25, 0.3) is 0 Å². The van der Waals surface area contributed by atoms with Crippen LogP contribution in [0.2, 0.25) is 0 Å². The van der Waals surface area contributed by atoms with Crippen LogP contribution >= 0.6 is 0 Å². The number of alkyl halides is 3. The molecule has 1 aromatic rings. The summed E-state index contributed by atoms with van der Waals surface area (Å²) in [5.41, 5.74) is -0.874. The number of rotatable bonds is 2. The van der Waals surface area contributed by atoms with Crippen molar-refractivity contribution in [2.45, 2.75) is 38.4 Å². The van der Waals surface area contributed by atoms with Crippen molar-refractivity contribution in [3.63, 3.8) is 0 Å². The second-order valence-corrected chi connectivity index (χ2v) is 4.85. The van der Waals surface area contributed by atoms with Crippen molar-refractivity contribution in [2.75, 3.05) is 5.32 Å². The van der Waals surface area contributed by atoms with E-state index in [1.165, 1.54) is 6.07 Å². The van der Waals surface area contributed by atoms with Gasteiger partial charge in [-0.05, 0) is 37.0 Å². The smallest absolute Gasteiger partial charge is 0.382 e. The summed E-state index contributed by atoms with van der Waals surface area (Å²) < 4.78 is 50.8. The molecule has 0 radical (unpaired) electrons. The van der Waals surface area contributed by atoms with Gasteiger partial charge in [-0.25, -0.2) is 4.39 Å². The first-order valence-corrected chi connectivity index (χ1v) is 6.01. The van der Waals surface area contributed by atoms with Crippen LogP contribution in [0.3, 0.4) is 0 Å². The van der Waals surface area contributed by atoms with Gasteiger partial charge in [-0.2, -0.15) is 13.2 Å². The molecule has 0 saturated heterocycles. The SMILES string of the molecule is CC1CCCC1Nc1ccc(F)c(C(F)(F)F)c1. The van der Waals surface area contributed by atoms with E-state index in [9.17, 15) is 17.6 Å². The van der Waals surface area contributed by atoms with Crippen LogP contribution in [0.25, 0.3) is 0 Å². The maximum Gasteiger partial charge on any atom is 0.419 e. The fourth-order valence-electron chi connectivity index (χ4n) is 2.41. The lowest BCUT2D eigenvalue weighted by molar-refractivity contribution is -0.139. The van der Waals surface area contributed by atoms with Crippen molar-refractivity contribution in [3.8, 4) is 0 Å². The number of hydrogen-bond donors (Lipinski definition) is 1. The Morgan fingerprint density at radius 3 is 2.50 bits per heavy atom. The Morgan fingerprint density at radius 1 is 1.22 bits per heavy atom. The van der Waals surface area contributed by atoms with Crippen molar-refractivity contribution < 1.29 is 17.6 Å². The molecule has 0 spiro atoms. The molecule has 100 valence electrons. The topological polar surface area (TPSA) is 12.0 Å². The first-order chi connectivity index (χ1) is 8.38. The zero-order chi connectivity index (χ0) is 13.3. The normalized spacial score (nSPS) is 24.3. The highest BCUT2D eigenvalue weighted by Gasteiger charge is 2.34. The van der Waals surface area contributed by atoms with Crippen LogP contribution in [0.1, 0.15) is 31.7 Å². The summed E-state index contributed by atoms with van der Waals surface area (Å²) >= 11 is 0. The molecule has 1 nitrogen and oxygen atoms in total. The molecular formula is C13H15F4N. The third-order valence-corrected chi connectivity index (χ3v) is 3.49. The van der Waals surface area contributed by atoms with Crippen LogP contribution in [0.15, 0.2) is 18.2 Å². The highest BCUT2D eigenvalue weighted by Crippen LogP contribution is 2.34. The summed E-state index contributed by atoms with van der Waals surface area (Å²) in [7, 11) is 0. The van der Waals surface area contributed by atoms with E-state index in [2.05, 4.69) is 12.2 Å². The number of nitrogens with one attached hydrogen (secondary N) is 1. The minimum absolute atomic E-state index is 0.177. The summed E-state index contributed by atoms with van der Waals surface area (Å²) in [6.07, 6.45) is -1.56. The fraction of sp³-hybridized carbons (Fsp3) is 0.538. The summed E-state index contributed by atoms with van der Waals surface area (Å²) in [5.74, 6) is -0.795. The Hall–Kier alpha value is -1.26. The zero-order valence-electron chi connectivity index (χ0n) is 10.0. The van der Waals surface area contributed by atoms with Crippen molar-refractivity contribution in [2.24, 2.45) is 5.92 Å². The molecular weight excluding hydrogens is 246 g/mol. The highest BCUT2D eigenvalue weighted by atomic mass is 19.4. The molecule has 2 unspecified atom stereocenters. The predicted octanol–water partition coefficient (Wildman–Crippen LogP) is 4.45. The Kier molecular flexibility index (Phi) is 3.50. The first-order valence-electron chi connectivity index (χ1n) is 6.01. The van der Waals surface area contributed by atoms with Crippen LogP contribution in [-0.2, 0) is 6.18 Å². The van der Waals surface area contributed by atoms with E-state index >= 15 is 0 Å². The largest absolute Gasteiger partial charge is 0.419 e. The Labute approximate surface area is 103 Å². The lowest BCUT2D eigenvalue weighted by Crippen LogP contribution is -2.22. The van der Waals surface area contributed by atoms with Gasteiger partial charge >= 0.3 is 6.18 Å². The van der Waals surface area contributed by atoms with Gasteiger partial charge in [-0.3, -0.25) is 0 Å². The molecule has 0 aliphatic heterocycles. The first kappa shape index (κ1) is 13.2. The van der Waals surface area contributed by atoms with E-state index in [4.69, 9.17) is 0 Å². The monoisotopic (exact) mass is 261 g/mol. The van der Waals surface area contributed by atoms with Gasteiger partial charge < -0.3 is 5.32 Å². The van der Waals surface area contributed by atoms with E-state index in [-0.39, 0.29) is 6.04 Å². The molecule has 1 aromatic carbocycles. The standard InChI is InChI=1S/C13H15F4N/c1-8-3-2-4-12(8)18-9-5-6-11(14)10(7-9)13(15,16)17/h5-8,12,18H,2-4H2,1H3. The molecule has 0 heterocycles. The molecule has 1 fully saturated rings. The summed E-state index contributed by atoms with van der Waals surface area (Å²) in [5, 5.41) is 3.06. The maximum atomic E-state index is 13.1. The summed E-state index contributed by atoms with van der Waals surface area (Å²) in [6, 6.07) is 3.25. The highest BCUT2D eigenvalue weighted by molar-refractivity contribution is 5.48. The molecule has 1 N–H and O–H groups in total. The minimum atomic E-state index is -4.65. The third kappa shape index (κ3) is 2.76. The van der Waals surface area contributed by atoms with Crippen molar-refractivity contribution in [1.82, 2.24) is 0 Å². The van der Waals surface area contributed by atoms with Gasteiger partial charge in [0.2, 0.25) is 0 Å². The Bertz CT molecular complexity index is 427. The maximum absolute atomic E-state index is 13.1. The van der Waals surface area contributed by atoms with Crippen LogP contribution in [-0.4, -0.2) is 6.04 Å². The second-order valence-electron chi connectivity index (χ2n) is 4.85. The van der Waals surface area contributed by atoms with Crippen molar-refractivity contribution in [3.05, 3.63) is 29.6 Å². The third-order valence-electron chi connectivity index (χ3n) is 3.49. The van der Waals surface area contributed by atoms with Gasteiger partial charge in [0.05, 0.1) is 5.56 Å². The molecule has 0 amide bonds. The molecule has 0 aromatic heterocycles. The van der Waals surface area contributed by atoms with Gasteiger partial charge in [0.15, 0.2) is 0 Å². The van der Waals surface area contributed by atoms with E-state index in [0.29, 0.717) is 11.6 Å². The van der Waals surface area contributed by atoms with E-state index in [1.54, 1.807) is 0 Å². The second kappa shape index (κ2) is 4.78. The molecule has 2 atom stereocenters. The molecule has 2 rings (SSSR count). The van der Waals surface area contributed by atoms with Gasteiger partial charge in [-0.1, -0.05) is 13.3 Å². The Morgan fingerprint density at radius 2 is 1.94 bits per heavy atom. The van der Waals surface area contributed by atoms with Crippen LogP contribution < -0.4 is 5.32 Å². The van der Waals surface area contributed by atoms with Crippen molar-refractivity contribution >= 4 is 5.69 Å². The van der Waals surface area contributed by atoms with E-state index < -0.39 is 17.6 Å². The van der Waals surface area contributed by atoms with Gasteiger partial charge in [0.1, 0.15) is 5.82 Å². The quantitative estimate of drug-likeness (QED) is 0.776. The number of benzene rings is 1. The summed E-state index contributed by atoms with van der Waals surface area (Å²) in [4.78, 5) is 0. The number of anilines is 1. The lowest BCUT2D eigenvalue weighted by Gasteiger charge is -2.19. The predicted molar refractivity (Wildman–Crippen MR) is 61.8 cm³/mol. The van der Waals surface area contributed by atoms with Crippen LogP contribution in [0.5, 0.6) is 0 Å². The molecule has 1 aliphatic carbocycles. The molecule has 1 saturated carbocycles. The van der Waals surface area contributed by atoms with Crippen LogP contribution in [0.4, 0.5) is 23.2 Å². The van der Waals surface area contributed by atoms with E-state index in [1.807, 2.05) is 0 Å². The average Bonchev–Trinajstić information content (AvgIpc) is 2.66. The van der Waals surface area contributed by atoms with Crippen LogP contribution in [0, 0.1) is 11.7 Å². The number of halogens is 4. The van der Waals surface area contributed by atoms with Gasteiger partial charge in [-0.15, -0.1) is 0 Å². The average molecular weight is 261 g/mol. The number of hydrogen-bond acceptors (Lipinski definition) is 1.